The van der Waals surface area contributed by atoms with Crippen molar-refractivity contribution in [2.24, 2.45) is 17.6 Å². The zero-order chi connectivity index (χ0) is 10.3. The summed E-state index contributed by atoms with van der Waals surface area (Å²) in [5.74, 6) is 0.309. The minimum absolute atomic E-state index is 0.118. The van der Waals surface area contributed by atoms with Crippen molar-refractivity contribution in [2.75, 3.05) is 13.2 Å². The van der Waals surface area contributed by atoms with Gasteiger partial charge in [0, 0.05) is 6.54 Å². The van der Waals surface area contributed by atoms with Crippen molar-refractivity contribution < 1.29 is 9.53 Å². The molecule has 0 aliphatic rings. The Morgan fingerprint density at radius 2 is 2.08 bits per heavy atom. The van der Waals surface area contributed by atoms with Gasteiger partial charge in [-0.15, -0.1) is 0 Å². The normalized spacial score (nSPS) is 13.0. The molecule has 0 aliphatic carbocycles. The van der Waals surface area contributed by atoms with Crippen LogP contribution in [0.2, 0.25) is 0 Å². The van der Waals surface area contributed by atoms with E-state index in [1.54, 1.807) is 0 Å². The molecule has 1 atom stereocenters. The summed E-state index contributed by atoms with van der Waals surface area (Å²) in [6, 6.07) is 0. The van der Waals surface area contributed by atoms with E-state index in [0.29, 0.717) is 19.1 Å². The van der Waals surface area contributed by atoms with Crippen LogP contribution in [0, 0.1) is 11.8 Å². The van der Waals surface area contributed by atoms with Gasteiger partial charge in [-0.2, -0.15) is 0 Å². The molecule has 3 heteroatoms. The first-order valence-electron chi connectivity index (χ1n) is 4.98. The maximum Gasteiger partial charge on any atom is 0.310 e. The fourth-order valence-corrected chi connectivity index (χ4v) is 0.943. The number of ether oxygens (including phenoxy) is 1. The molecule has 0 rings (SSSR count). The van der Waals surface area contributed by atoms with Gasteiger partial charge in [0.1, 0.15) is 0 Å². The summed E-state index contributed by atoms with van der Waals surface area (Å²) in [6.45, 7) is 7.06. The summed E-state index contributed by atoms with van der Waals surface area (Å²) in [4.78, 5) is 11.3. The average Bonchev–Trinajstić information content (AvgIpc) is 2.05. The Morgan fingerprint density at radius 1 is 1.46 bits per heavy atom. The molecule has 0 radical (unpaired) electrons. The second-order valence-electron chi connectivity index (χ2n) is 3.69. The van der Waals surface area contributed by atoms with Crippen LogP contribution in [0.5, 0.6) is 0 Å². The minimum Gasteiger partial charge on any atom is -0.465 e. The van der Waals surface area contributed by atoms with Gasteiger partial charge in [-0.05, 0) is 18.8 Å². The fraction of sp³-hybridized carbons (Fsp3) is 0.900. The molecule has 0 saturated carbocycles. The minimum atomic E-state index is -0.148. The van der Waals surface area contributed by atoms with Crippen molar-refractivity contribution in [3.8, 4) is 0 Å². The summed E-state index contributed by atoms with van der Waals surface area (Å²) in [5, 5.41) is 0. The molecule has 0 aromatic heterocycles. The van der Waals surface area contributed by atoms with Crippen LogP contribution in [0.25, 0.3) is 0 Å². The van der Waals surface area contributed by atoms with Crippen molar-refractivity contribution in [1.29, 1.82) is 0 Å². The first-order valence-corrected chi connectivity index (χ1v) is 4.98. The molecule has 0 aromatic rings. The van der Waals surface area contributed by atoms with Crippen LogP contribution in [0.1, 0.15) is 33.6 Å². The van der Waals surface area contributed by atoms with Crippen molar-refractivity contribution in [1.82, 2.24) is 0 Å². The van der Waals surface area contributed by atoms with Gasteiger partial charge in [0.15, 0.2) is 0 Å². The van der Waals surface area contributed by atoms with E-state index >= 15 is 0 Å². The van der Waals surface area contributed by atoms with E-state index in [2.05, 4.69) is 13.8 Å². The molecule has 0 bridgehead atoms. The lowest BCUT2D eigenvalue weighted by atomic mass is 10.1. The lowest BCUT2D eigenvalue weighted by Crippen LogP contribution is -2.25. The van der Waals surface area contributed by atoms with Crippen molar-refractivity contribution in [3.63, 3.8) is 0 Å². The van der Waals surface area contributed by atoms with Crippen LogP contribution in [-0.2, 0) is 9.53 Å². The third-order valence-electron chi connectivity index (χ3n) is 2.05. The quantitative estimate of drug-likeness (QED) is 0.642. The van der Waals surface area contributed by atoms with Crippen LogP contribution in [0.4, 0.5) is 0 Å². The SMILES string of the molecule is CCC(CN)C(=O)OCCC(C)C. The van der Waals surface area contributed by atoms with Gasteiger partial charge < -0.3 is 10.5 Å². The lowest BCUT2D eigenvalue weighted by molar-refractivity contribution is -0.148. The second kappa shape index (κ2) is 6.89. The van der Waals surface area contributed by atoms with Crippen LogP contribution in [-0.4, -0.2) is 19.1 Å². The third kappa shape index (κ3) is 5.64. The number of hydrogen-bond acceptors (Lipinski definition) is 3. The molecule has 3 nitrogen and oxygen atoms in total. The number of carbonyl (C=O) groups is 1. The van der Waals surface area contributed by atoms with Gasteiger partial charge >= 0.3 is 5.97 Å². The van der Waals surface area contributed by atoms with E-state index in [1.165, 1.54) is 0 Å². The third-order valence-corrected chi connectivity index (χ3v) is 2.05. The zero-order valence-electron chi connectivity index (χ0n) is 8.88. The van der Waals surface area contributed by atoms with Gasteiger partial charge in [-0.25, -0.2) is 0 Å². The average molecular weight is 187 g/mol. The first kappa shape index (κ1) is 12.4. The Bertz CT molecular complexity index is 142. The molecule has 0 aliphatic heterocycles. The number of esters is 1. The smallest absolute Gasteiger partial charge is 0.310 e. The highest BCUT2D eigenvalue weighted by Gasteiger charge is 2.15. The number of carbonyl (C=O) groups excluding carboxylic acids is 1. The predicted molar refractivity (Wildman–Crippen MR) is 53.2 cm³/mol. The maximum absolute atomic E-state index is 11.3. The summed E-state index contributed by atoms with van der Waals surface area (Å²) in [7, 11) is 0. The highest BCUT2D eigenvalue weighted by molar-refractivity contribution is 5.72. The molecule has 78 valence electrons. The molecule has 0 saturated heterocycles. The van der Waals surface area contributed by atoms with Crippen molar-refractivity contribution >= 4 is 5.97 Å². The highest BCUT2D eigenvalue weighted by Crippen LogP contribution is 2.05. The Balaban J connectivity index is 3.60. The standard InChI is InChI=1S/C10H21NO2/c1-4-9(7-11)10(12)13-6-5-8(2)3/h8-9H,4-7,11H2,1-3H3. The monoisotopic (exact) mass is 187 g/mol. The van der Waals surface area contributed by atoms with E-state index < -0.39 is 0 Å². The molecule has 1 unspecified atom stereocenters. The predicted octanol–water partition coefficient (Wildman–Crippen LogP) is 1.56. The van der Waals surface area contributed by atoms with E-state index in [0.717, 1.165) is 12.8 Å². The number of hydrogen-bond donors (Lipinski definition) is 1. The Morgan fingerprint density at radius 3 is 2.46 bits per heavy atom. The van der Waals surface area contributed by atoms with Crippen LogP contribution < -0.4 is 5.73 Å². The van der Waals surface area contributed by atoms with Crippen molar-refractivity contribution in [2.45, 2.75) is 33.6 Å². The molecule has 0 heterocycles. The molecular formula is C10H21NO2. The molecule has 0 aromatic carbocycles. The summed E-state index contributed by atoms with van der Waals surface area (Å²) in [5.41, 5.74) is 5.41. The Kier molecular flexibility index (Phi) is 6.59. The van der Waals surface area contributed by atoms with E-state index in [-0.39, 0.29) is 11.9 Å². The van der Waals surface area contributed by atoms with E-state index in [1.807, 2.05) is 6.92 Å². The highest BCUT2D eigenvalue weighted by atomic mass is 16.5. The lowest BCUT2D eigenvalue weighted by Gasteiger charge is -2.12. The zero-order valence-corrected chi connectivity index (χ0v) is 8.88. The molecule has 13 heavy (non-hydrogen) atoms. The summed E-state index contributed by atoms with van der Waals surface area (Å²) >= 11 is 0. The summed E-state index contributed by atoms with van der Waals surface area (Å²) in [6.07, 6.45) is 1.68. The van der Waals surface area contributed by atoms with E-state index in [4.69, 9.17) is 10.5 Å². The topological polar surface area (TPSA) is 52.3 Å². The van der Waals surface area contributed by atoms with Crippen LogP contribution >= 0.6 is 0 Å². The molecule has 2 N–H and O–H groups in total. The van der Waals surface area contributed by atoms with Crippen LogP contribution in [0.3, 0.4) is 0 Å². The largest absolute Gasteiger partial charge is 0.465 e. The second-order valence-corrected chi connectivity index (χ2v) is 3.69. The molecule has 0 amide bonds. The van der Waals surface area contributed by atoms with Gasteiger partial charge in [-0.3, -0.25) is 4.79 Å². The summed E-state index contributed by atoms with van der Waals surface area (Å²) < 4.78 is 5.08. The number of nitrogens with two attached hydrogens (primary N) is 1. The van der Waals surface area contributed by atoms with Crippen molar-refractivity contribution in [3.05, 3.63) is 0 Å². The van der Waals surface area contributed by atoms with Gasteiger partial charge in [0.05, 0.1) is 12.5 Å². The Hall–Kier alpha value is -0.570. The fourth-order valence-electron chi connectivity index (χ4n) is 0.943. The van der Waals surface area contributed by atoms with Gasteiger partial charge in [-0.1, -0.05) is 20.8 Å². The van der Waals surface area contributed by atoms with E-state index in [9.17, 15) is 4.79 Å². The van der Waals surface area contributed by atoms with Gasteiger partial charge in [0.25, 0.3) is 0 Å². The molecular weight excluding hydrogens is 166 g/mol. The maximum atomic E-state index is 11.3. The Labute approximate surface area is 80.6 Å². The molecule has 0 fully saturated rings. The first-order chi connectivity index (χ1) is 6.11. The number of rotatable bonds is 6. The van der Waals surface area contributed by atoms with Crippen LogP contribution in [0.15, 0.2) is 0 Å². The van der Waals surface area contributed by atoms with Gasteiger partial charge in [0.2, 0.25) is 0 Å². The molecule has 0 spiro atoms.